The maximum Gasteiger partial charge on any atom is 0.328 e. The minimum atomic E-state index is -0.902. The lowest BCUT2D eigenvalue weighted by Crippen LogP contribution is -2.69. The molecule has 10 heteroatoms. The molecule has 34 heavy (non-hydrogen) atoms. The van der Waals surface area contributed by atoms with Crippen LogP contribution in [0.2, 0.25) is 0 Å². The van der Waals surface area contributed by atoms with Gasteiger partial charge < -0.3 is 31.5 Å². The monoisotopic (exact) mass is 471 g/mol. The number of aromatic hydroxyl groups is 1. The first-order valence-electron chi connectivity index (χ1n) is 10.8. The largest absolute Gasteiger partial charge is 0.508 e. The zero-order chi connectivity index (χ0) is 25.1. The van der Waals surface area contributed by atoms with E-state index in [1.807, 2.05) is 30.3 Å². The van der Waals surface area contributed by atoms with Crippen molar-refractivity contribution in [1.82, 2.24) is 16.0 Å². The van der Waals surface area contributed by atoms with Crippen LogP contribution >= 0.6 is 0 Å². The van der Waals surface area contributed by atoms with Crippen molar-refractivity contribution in [2.75, 3.05) is 13.7 Å². The molecule has 2 unspecified atom stereocenters. The Morgan fingerprint density at radius 2 is 1.53 bits per heavy atom. The molecule has 0 spiro atoms. The molecular formula is C24H31N4O6+. The highest BCUT2D eigenvalue weighted by atomic mass is 16.5. The molecule has 10 nitrogen and oxygen atoms in total. The lowest BCUT2D eigenvalue weighted by atomic mass is 10.1. The Kier molecular flexibility index (Phi) is 10.0. The van der Waals surface area contributed by atoms with Gasteiger partial charge in [-0.05, 0) is 30.2 Å². The summed E-state index contributed by atoms with van der Waals surface area (Å²) in [5.41, 5.74) is 5.48. The van der Waals surface area contributed by atoms with Crippen LogP contribution in [0.5, 0.6) is 5.75 Å². The maximum atomic E-state index is 12.4. The second-order valence-corrected chi connectivity index (χ2v) is 7.85. The van der Waals surface area contributed by atoms with Crippen molar-refractivity contribution in [2.24, 2.45) is 0 Å². The van der Waals surface area contributed by atoms with Crippen LogP contribution in [0, 0.1) is 0 Å². The van der Waals surface area contributed by atoms with Crippen molar-refractivity contribution < 1.29 is 34.8 Å². The molecule has 0 bridgehead atoms. The van der Waals surface area contributed by atoms with Gasteiger partial charge in [0.15, 0.2) is 6.04 Å². The summed E-state index contributed by atoms with van der Waals surface area (Å²) in [6.45, 7) is 1.12. The quantitative estimate of drug-likeness (QED) is 0.266. The molecule has 0 radical (unpaired) electrons. The number of phenolic OH excluding ortho intramolecular Hbond substituents is 1. The van der Waals surface area contributed by atoms with Crippen molar-refractivity contribution in [3.63, 3.8) is 0 Å². The zero-order valence-corrected chi connectivity index (χ0v) is 19.2. The van der Waals surface area contributed by atoms with Crippen LogP contribution in [-0.4, -0.2) is 60.6 Å². The topological polar surface area (TPSA) is 161 Å². The number of phenols is 1. The fraction of sp³-hybridized carbons (Fsp3) is 0.333. The summed E-state index contributed by atoms with van der Waals surface area (Å²) >= 11 is 0. The van der Waals surface area contributed by atoms with Crippen LogP contribution < -0.4 is 21.7 Å². The number of esters is 1. The number of carbonyl (C=O) groups excluding carboxylic acids is 4. The lowest BCUT2D eigenvalue weighted by Gasteiger charge is -2.18. The number of nitrogens with one attached hydrogen (secondary N) is 3. The molecule has 182 valence electrons. The average molecular weight is 472 g/mol. The van der Waals surface area contributed by atoms with Crippen LogP contribution in [-0.2, 0) is 36.8 Å². The number of benzene rings is 2. The number of hydrogen-bond donors (Lipinski definition) is 5. The fourth-order valence-corrected chi connectivity index (χ4v) is 3.16. The van der Waals surface area contributed by atoms with Gasteiger partial charge in [-0.25, -0.2) is 4.79 Å². The highest BCUT2D eigenvalue weighted by Gasteiger charge is 2.25. The van der Waals surface area contributed by atoms with E-state index in [0.717, 1.165) is 11.1 Å². The smallest absolute Gasteiger partial charge is 0.328 e. The molecule has 2 rings (SSSR count). The van der Waals surface area contributed by atoms with Gasteiger partial charge in [0.25, 0.3) is 5.91 Å². The van der Waals surface area contributed by atoms with E-state index >= 15 is 0 Å². The molecule has 3 amide bonds. The standard InChI is InChI=1S/C24H30N4O6/c1-15(27-23(32)19(25)12-17-8-10-18(29)11-9-17)22(31)26-14-21(30)28-20(24(33)34-2)13-16-6-4-3-5-7-16/h3-11,15,19-20,29H,12-14,25H2,1-2H3,(H,26,31)(H,27,32)(H,28,30)/p+1/t15-,19?,20?/m0/s1. The van der Waals surface area contributed by atoms with Crippen molar-refractivity contribution in [3.8, 4) is 5.75 Å². The summed E-state index contributed by atoms with van der Waals surface area (Å²) in [6, 6.07) is 13.1. The highest BCUT2D eigenvalue weighted by molar-refractivity contribution is 5.92. The summed E-state index contributed by atoms with van der Waals surface area (Å²) in [5.74, 6) is -2.02. The Hall–Kier alpha value is -3.92. The van der Waals surface area contributed by atoms with Crippen LogP contribution in [0.1, 0.15) is 18.1 Å². The Morgan fingerprint density at radius 1 is 0.912 bits per heavy atom. The molecule has 0 aromatic heterocycles. The molecule has 0 saturated carbocycles. The minimum absolute atomic E-state index is 0.126. The molecule has 3 atom stereocenters. The Labute approximate surface area is 197 Å². The lowest BCUT2D eigenvalue weighted by molar-refractivity contribution is -0.403. The number of quaternary nitrogens is 1. The summed E-state index contributed by atoms with van der Waals surface area (Å²) in [7, 11) is 1.23. The fourth-order valence-electron chi connectivity index (χ4n) is 3.16. The van der Waals surface area contributed by atoms with Crippen LogP contribution in [0.15, 0.2) is 54.6 Å². The van der Waals surface area contributed by atoms with Gasteiger partial charge in [-0.2, -0.15) is 0 Å². The van der Waals surface area contributed by atoms with Crippen molar-refractivity contribution in [2.45, 2.75) is 37.9 Å². The Morgan fingerprint density at radius 3 is 2.15 bits per heavy atom. The first kappa shape index (κ1) is 26.3. The van der Waals surface area contributed by atoms with Gasteiger partial charge >= 0.3 is 5.97 Å². The third-order valence-corrected chi connectivity index (χ3v) is 5.07. The Bertz CT molecular complexity index is 981. The molecule has 0 saturated heterocycles. The number of amides is 3. The first-order valence-corrected chi connectivity index (χ1v) is 10.8. The molecule has 2 aromatic carbocycles. The highest BCUT2D eigenvalue weighted by Crippen LogP contribution is 2.10. The molecule has 0 aliphatic carbocycles. The summed E-state index contributed by atoms with van der Waals surface area (Å²) in [4.78, 5) is 49.0. The third-order valence-electron chi connectivity index (χ3n) is 5.07. The molecule has 0 heterocycles. The molecular weight excluding hydrogens is 440 g/mol. The summed E-state index contributed by atoms with van der Waals surface area (Å²) in [6.07, 6.45) is 0.574. The van der Waals surface area contributed by atoms with Gasteiger partial charge in [0, 0.05) is 12.8 Å². The number of hydrogen-bond acceptors (Lipinski definition) is 6. The second-order valence-electron chi connectivity index (χ2n) is 7.85. The molecule has 0 fully saturated rings. The summed E-state index contributed by atoms with van der Waals surface area (Å²) in [5, 5.41) is 16.9. The SMILES string of the molecule is COC(=O)C(Cc1ccccc1)NC(=O)CNC(=O)[C@H](C)NC(=O)C([NH3+])Cc1ccc(O)cc1. The second kappa shape index (κ2) is 12.9. The van der Waals surface area contributed by atoms with Gasteiger partial charge in [-0.1, -0.05) is 42.5 Å². The molecule has 2 aromatic rings. The molecule has 0 aliphatic heterocycles. The number of rotatable bonds is 11. The predicted octanol–water partition coefficient (Wildman–Crippen LogP) is -0.933. The summed E-state index contributed by atoms with van der Waals surface area (Å²) < 4.78 is 4.76. The van der Waals surface area contributed by atoms with Gasteiger partial charge in [-0.15, -0.1) is 0 Å². The number of carbonyl (C=O) groups is 4. The van der Waals surface area contributed by atoms with E-state index < -0.39 is 41.8 Å². The number of methoxy groups -OCH3 is 1. The van der Waals surface area contributed by atoms with Gasteiger partial charge in [0.2, 0.25) is 11.8 Å². The van der Waals surface area contributed by atoms with Crippen molar-refractivity contribution >= 4 is 23.7 Å². The van der Waals surface area contributed by atoms with E-state index in [4.69, 9.17) is 4.74 Å². The van der Waals surface area contributed by atoms with Crippen LogP contribution in [0.3, 0.4) is 0 Å². The maximum absolute atomic E-state index is 12.4. The third kappa shape index (κ3) is 8.55. The van der Waals surface area contributed by atoms with Crippen molar-refractivity contribution in [1.29, 1.82) is 0 Å². The van der Waals surface area contributed by atoms with Crippen molar-refractivity contribution in [3.05, 3.63) is 65.7 Å². The Balaban J connectivity index is 1.81. The van der Waals surface area contributed by atoms with E-state index in [-0.39, 0.29) is 18.7 Å². The molecule has 0 aliphatic rings. The first-order chi connectivity index (χ1) is 16.2. The number of ether oxygens (including phenoxy) is 1. The average Bonchev–Trinajstić information content (AvgIpc) is 2.83. The van der Waals surface area contributed by atoms with Crippen LogP contribution in [0.25, 0.3) is 0 Å². The van der Waals surface area contributed by atoms with Gasteiger partial charge in [0.05, 0.1) is 13.7 Å². The predicted molar refractivity (Wildman–Crippen MR) is 123 cm³/mol. The van der Waals surface area contributed by atoms with Gasteiger partial charge in [-0.3, -0.25) is 14.4 Å². The van der Waals surface area contributed by atoms with E-state index in [2.05, 4.69) is 21.7 Å². The normalized spacial score (nSPS) is 13.1. The minimum Gasteiger partial charge on any atom is -0.508 e. The zero-order valence-electron chi connectivity index (χ0n) is 19.2. The van der Waals surface area contributed by atoms with E-state index in [9.17, 15) is 24.3 Å². The van der Waals surface area contributed by atoms with Crippen LogP contribution in [0.4, 0.5) is 0 Å². The molecule has 7 N–H and O–H groups in total. The van der Waals surface area contributed by atoms with E-state index in [0.29, 0.717) is 6.42 Å². The van der Waals surface area contributed by atoms with Gasteiger partial charge in [0.1, 0.15) is 17.8 Å². The van der Waals surface area contributed by atoms with E-state index in [1.165, 1.54) is 26.2 Å². The van der Waals surface area contributed by atoms with E-state index in [1.54, 1.807) is 12.1 Å².